The fourth-order valence-electron chi connectivity index (χ4n) is 2.02. The molecular formula is C12H14N4O. The monoisotopic (exact) mass is 230 g/mol. The van der Waals surface area contributed by atoms with E-state index in [1.54, 1.807) is 12.1 Å². The van der Waals surface area contributed by atoms with E-state index in [0.29, 0.717) is 12.5 Å². The SMILES string of the molecule is NCc1nnn(-c2ccc(O)cc2)c1C1CC1. The van der Waals surface area contributed by atoms with Crippen LogP contribution in [0.1, 0.15) is 30.1 Å². The van der Waals surface area contributed by atoms with Crippen LogP contribution in [0.25, 0.3) is 5.69 Å². The maximum absolute atomic E-state index is 9.28. The Kier molecular flexibility index (Phi) is 2.33. The molecule has 0 unspecified atom stereocenters. The van der Waals surface area contributed by atoms with Crippen molar-refractivity contribution < 1.29 is 5.11 Å². The summed E-state index contributed by atoms with van der Waals surface area (Å²) in [5, 5.41) is 17.6. The third-order valence-electron chi connectivity index (χ3n) is 3.03. The van der Waals surface area contributed by atoms with Crippen LogP contribution in [-0.2, 0) is 6.54 Å². The van der Waals surface area contributed by atoms with E-state index in [-0.39, 0.29) is 5.75 Å². The van der Waals surface area contributed by atoms with Crippen molar-refractivity contribution in [2.24, 2.45) is 5.73 Å². The average Bonchev–Trinajstić information content (AvgIpc) is 3.10. The molecule has 0 saturated heterocycles. The number of aromatic nitrogens is 3. The average molecular weight is 230 g/mol. The summed E-state index contributed by atoms with van der Waals surface area (Å²) in [4.78, 5) is 0. The molecule has 1 saturated carbocycles. The van der Waals surface area contributed by atoms with E-state index in [2.05, 4.69) is 10.3 Å². The van der Waals surface area contributed by atoms with Gasteiger partial charge in [0.15, 0.2) is 0 Å². The van der Waals surface area contributed by atoms with Gasteiger partial charge in [0.25, 0.3) is 0 Å². The van der Waals surface area contributed by atoms with Crippen molar-refractivity contribution in [2.75, 3.05) is 0 Å². The van der Waals surface area contributed by atoms with Gasteiger partial charge in [0.2, 0.25) is 0 Å². The summed E-state index contributed by atoms with van der Waals surface area (Å²) in [7, 11) is 0. The van der Waals surface area contributed by atoms with Gasteiger partial charge < -0.3 is 10.8 Å². The third-order valence-corrected chi connectivity index (χ3v) is 3.03. The highest BCUT2D eigenvalue weighted by atomic mass is 16.3. The molecule has 88 valence electrons. The summed E-state index contributed by atoms with van der Waals surface area (Å²) in [5.41, 5.74) is 8.59. The van der Waals surface area contributed by atoms with E-state index < -0.39 is 0 Å². The molecular weight excluding hydrogens is 216 g/mol. The van der Waals surface area contributed by atoms with Crippen LogP contribution in [0.3, 0.4) is 0 Å². The Balaban J connectivity index is 2.07. The van der Waals surface area contributed by atoms with Gasteiger partial charge in [-0.1, -0.05) is 5.21 Å². The lowest BCUT2D eigenvalue weighted by atomic mass is 10.2. The molecule has 0 bridgehead atoms. The van der Waals surface area contributed by atoms with Crippen molar-refractivity contribution in [1.82, 2.24) is 15.0 Å². The fourth-order valence-corrected chi connectivity index (χ4v) is 2.02. The normalized spacial score (nSPS) is 15.1. The molecule has 3 rings (SSSR count). The van der Waals surface area contributed by atoms with E-state index in [4.69, 9.17) is 5.73 Å². The van der Waals surface area contributed by atoms with Crippen LogP contribution >= 0.6 is 0 Å². The van der Waals surface area contributed by atoms with Crippen LogP contribution in [0, 0.1) is 0 Å². The molecule has 0 atom stereocenters. The second-order valence-electron chi connectivity index (χ2n) is 4.33. The zero-order chi connectivity index (χ0) is 11.8. The topological polar surface area (TPSA) is 77.0 Å². The van der Waals surface area contributed by atoms with E-state index in [0.717, 1.165) is 17.1 Å². The van der Waals surface area contributed by atoms with Crippen LogP contribution in [0.4, 0.5) is 0 Å². The van der Waals surface area contributed by atoms with Crippen LogP contribution in [-0.4, -0.2) is 20.1 Å². The minimum Gasteiger partial charge on any atom is -0.508 e. The maximum atomic E-state index is 9.28. The zero-order valence-corrected chi connectivity index (χ0v) is 9.37. The Morgan fingerprint density at radius 1 is 1.29 bits per heavy atom. The Morgan fingerprint density at radius 3 is 2.59 bits per heavy atom. The van der Waals surface area contributed by atoms with Gasteiger partial charge in [0.1, 0.15) is 11.4 Å². The van der Waals surface area contributed by atoms with Crippen molar-refractivity contribution in [3.8, 4) is 11.4 Å². The second-order valence-corrected chi connectivity index (χ2v) is 4.33. The quantitative estimate of drug-likeness (QED) is 0.833. The number of phenols is 1. The predicted molar refractivity (Wildman–Crippen MR) is 62.9 cm³/mol. The number of hydrogen-bond donors (Lipinski definition) is 2. The zero-order valence-electron chi connectivity index (χ0n) is 9.37. The number of aromatic hydroxyl groups is 1. The Hall–Kier alpha value is -1.88. The molecule has 0 radical (unpaired) electrons. The fraction of sp³-hybridized carbons (Fsp3) is 0.333. The second kappa shape index (κ2) is 3.85. The number of benzene rings is 1. The highest BCUT2D eigenvalue weighted by Crippen LogP contribution is 2.41. The molecule has 1 aliphatic carbocycles. The van der Waals surface area contributed by atoms with Crippen molar-refractivity contribution >= 4 is 0 Å². The minimum absolute atomic E-state index is 0.251. The Bertz CT molecular complexity index is 528. The molecule has 1 aliphatic rings. The van der Waals surface area contributed by atoms with Crippen molar-refractivity contribution in [2.45, 2.75) is 25.3 Å². The number of hydrogen-bond acceptors (Lipinski definition) is 4. The molecule has 5 nitrogen and oxygen atoms in total. The predicted octanol–water partition coefficient (Wildman–Crippen LogP) is 1.31. The number of phenolic OH excluding ortho intramolecular Hbond substituents is 1. The lowest BCUT2D eigenvalue weighted by molar-refractivity contribution is 0.475. The Morgan fingerprint density at radius 2 is 2.00 bits per heavy atom. The molecule has 1 fully saturated rings. The first-order valence-corrected chi connectivity index (χ1v) is 5.73. The molecule has 0 spiro atoms. The number of nitrogens with two attached hydrogens (primary N) is 1. The van der Waals surface area contributed by atoms with Crippen molar-refractivity contribution in [3.05, 3.63) is 35.7 Å². The van der Waals surface area contributed by atoms with Gasteiger partial charge in [-0.05, 0) is 37.1 Å². The molecule has 0 amide bonds. The number of rotatable bonds is 3. The Labute approximate surface area is 98.9 Å². The molecule has 3 N–H and O–H groups in total. The summed E-state index contributed by atoms with van der Waals surface area (Å²) in [6.45, 7) is 0.421. The summed E-state index contributed by atoms with van der Waals surface area (Å²) in [6, 6.07) is 6.96. The first-order valence-electron chi connectivity index (χ1n) is 5.73. The highest BCUT2D eigenvalue weighted by molar-refractivity contribution is 5.39. The summed E-state index contributed by atoms with van der Waals surface area (Å²) < 4.78 is 1.83. The lowest BCUT2D eigenvalue weighted by Gasteiger charge is -2.06. The van der Waals surface area contributed by atoms with E-state index in [9.17, 15) is 5.11 Å². The van der Waals surface area contributed by atoms with E-state index in [1.165, 1.54) is 12.8 Å². The van der Waals surface area contributed by atoms with Gasteiger partial charge in [-0.25, -0.2) is 4.68 Å². The molecule has 1 aromatic heterocycles. The minimum atomic E-state index is 0.251. The van der Waals surface area contributed by atoms with E-state index in [1.807, 2.05) is 16.8 Å². The van der Waals surface area contributed by atoms with Crippen LogP contribution in [0.15, 0.2) is 24.3 Å². The van der Waals surface area contributed by atoms with Gasteiger partial charge >= 0.3 is 0 Å². The summed E-state index contributed by atoms with van der Waals surface area (Å²) in [5.74, 6) is 0.790. The molecule has 5 heteroatoms. The largest absolute Gasteiger partial charge is 0.508 e. The van der Waals surface area contributed by atoms with Crippen LogP contribution in [0.5, 0.6) is 5.75 Å². The molecule has 17 heavy (non-hydrogen) atoms. The van der Waals surface area contributed by atoms with Crippen molar-refractivity contribution in [1.29, 1.82) is 0 Å². The van der Waals surface area contributed by atoms with Crippen LogP contribution < -0.4 is 5.73 Å². The standard InChI is InChI=1S/C12H14N4O/c13-7-11-12(8-1-2-8)16(15-14-11)9-3-5-10(17)6-4-9/h3-6,8,17H,1-2,7,13H2. The summed E-state index contributed by atoms with van der Waals surface area (Å²) >= 11 is 0. The molecule has 1 aromatic carbocycles. The first kappa shape index (κ1) is 10.3. The highest BCUT2D eigenvalue weighted by Gasteiger charge is 2.31. The van der Waals surface area contributed by atoms with Crippen LogP contribution in [0.2, 0.25) is 0 Å². The number of nitrogens with zero attached hydrogens (tertiary/aromatic N) is 3. The van der Waals surface area contributed by atoms with Gasteiger partial charge in [-0.15, -0.1) is 5.10 Å². The summed E-state index contributed by atoms with van der Waals surface area (Å²) in [6.07, 6.45) is 2.36. The van der Waals surface area contributed by atoms with Gasteiger partial charge in [0, 0.05) is 12.5 Å². The third kappa shape index (κ3) is 1.78. The lowest BCUT2D eigenvalue weighted by Crippen LogP contribution is -2.04. The van der Waals surface area contributed by atoms with Gasteiger partial charge in [0.05, 0.1) is 11.4 Å². The molecule has 2 aromatic rings. The maximum Gasteiger partial charge on any atom is 0.115 e. The van der Waals surface area contributed by atoms with E-state index >= 15 is 0 Å². The first-order chi connectivity index (χ1) is 8.29. The molecule has 1 heterocycles. The van der Waals surface area contributed by atoms with Crippen molar-refractivity contribution in [3.63, 3.8) is 0 Å². The molecule has 0 aliphatic heterocycles. The van der Waals surface area contributed by atoms with Gasteiger partial charge in [-0.3, -0.25) is 0 Å². The van der Waals surface area contributed by atoms with Gasteiger partial charge in [-0.2, -0.15) is 0 Å². The smallest absolute Gasteiger partial charge is 0.115 e.